The largest absolute Gasteiger partial charge is 0.471 e. The number of benzene rings is 1. The van der Waals surface area contributed by atoms with Crippen LogP contribution in [0.15, 0.2) is 18.2 Å². The number of amides is 3. The van der Waals surface area contributed by atoms with Crippen LogP contribution < -0.4 is 15.5 Å². The van der Waals surface area contributed by atoms with Gasteiger partial charge in [-0.05, 0) is 38.1 Å². The quantitative estimate of drug-likeness (QED) is 0.628. The number of piperidine rings is 1. The Kier molecular flexibility index (Phi) is 7.53. The fourth-order valence-electron chi connectivity index (χ4n) is 4.33. The SMILES string of the molecule is CN1CCN(c2ccc(C(N)=O)c(N(C(=O)C(F)(F)F)C3CCCN(C(=O)C(F)(F)F)C3)c2)CC1. The van der Waals surface area contributed by atoms with E-state index in [0.717, 1.165) is 0 Å². The number of piperazine rings is 1. The smallest absolute Gasteiger partial charge is 0.369 e. The van der Waals surface area contributed by atoms with E-state index >= 15 is 0 Å². The lowest BCUT2D eigenvalue weighted by Gasteiger charge is -2.40. The molecule has 2 aliphatic heterocycles. The molecule has 3 rings (SSSR count). The van der Waals surface area contributed by atoms with E-state index in [1.807, 2.05) is 16.8 Å². The number of rotatable bonds is 4. The number of anilines is 2. The minimum Gasteiger partial charge on any atom is -0.369 e. The Balaban J connectivity index is 2.06. The van der Waals surface area contributed by atoms with Crippen LogP contribution in [0.2, 0.25) is 0 Å². The molecule has 3 amide bonds. The first kappa shape index (κ1) is 26.6. The number of alkyl halides is 6. The highest BCUT2D eigenvalue weighted by Crippen LogP contribution is 2.35. The highest BCUT2D eigenvalue weighted by Gasteiger charge is 2.49. The molecule has 1 unspecified atom stereocenters. The van der Waals surface area contributed by atoms with Crippen LogP contribution in [-0.2, 0) is 9.59 Å². The Hall–Kier alpha value is -3.03. The highest BCUT2D eigenvalue weighted by molar-refractivity contribution is 6.06. The maximum absolute atomic E-state index is 13.6. The molecule has 2 fully saturated rings. The summed E-state index contributed by atoms with van der Waals surface area (Å²) in [5, 5.41) is 0. The third-order valence-electron chi connectivity index (χ3n) is 6.13. The maximum Gasteiger partial charge on any atom is 0.471 e. The van der Waals surface area contributed by atoms with E-state index in [4.69, 9.17) is 5.73 Å². The summed E-state index contributed by atoms with van der Waals surface area (Å²) in [6.07, 6.45) is -10.8. The first-order valence-corrected chi connectivity index (χ1v) is 10.8. The topological polar surface area (TPSA) is 90.2 Å². The summed E-state index contributed by atoms with van der Waals surface area (Å²) < 4.78 is 79.8. The lowest BCUT2D eigenvalue weighted by molar-refractivity contribution is -0.186. The number of nitrogens with two attached hydrogens (primary N) is 1. The van der Waals surface area contributed by atoms with Gasteiger partial charge in [-0.2, -0.15) is 26.3 Å². The maximum atomic E-state index is 13.6. The number of likely N-dealkylation sites (N-methyl/N-ethyl adjacent to an activating group) is 1. The Morgan fingerprint density at radius 1 is 0.971 bits per heavy atom. The van der Waals surface area contributed by atoms with Crippen molar-refractivity contribution in [3.8, 4) is 0 Å². The van der Waals surface area contributed by atoms with Crippen molar-refractivity contribution in [2.24, 2.45) is 5.73 Å². The predicted octanol–water partition coefficient (Wildman–Crippen LogP) is 1.99. The van der Waals surface area contributed by atoms with E-state index in [9.17, 15) is 40.7 Å². The molecule has 1 atom stereocenters. The van der Waals surface area contributed by atoms with Crippen LogP contribution >= 0.6 is 0 Å². The van der Waals surface area contributed by atoms with Crippen molar-refractivity contribution in [2.45, 2.75) is 31.2 Å². The first-order valence-electron chi connectivity index (χ1n) is 10.8. The summed E-state index contributed by atoms with van der Waals surface area (Å²) >= 11 is 0. The molecule has 0 aliphatic carbocycles. The molecule has 0 bridgehead atoms. The molecule has 2 saturated heterocycles. The van der Waals surface area contributed by atoms with Crippen LogP contribution in [0.3, 0.4) is 0 Å². The summed E-state index contributed by atoms with van der Waals surface area (Å²) in [7, 11) is 1.90. The third-order valence-corrected chi connectivity index (χ3v) is 6.13. The van der Waals surface area contributed by atoms with Gasteiger partial charge >= 0.3 is 24.2 Å². The number of carbonyl (C=O) groups is 3. The van der Waals surface area contributed by atoms with Crippen LogP contribution in [0.5, 0.6) is 0 Å². The molecular weight excluding hydrogens is 484 g/mol. The van der Waals surface area contributed by atoms with Gasteiger partial charge in [-0.25, -0.2) is 0 Å². The van der Waals surface area contributed by atoms with Gasteiger partial charge in [0.1, 0.15) is 0 Å². The van der Waals surface area contributed by atoms with E-state index in [1.54, 1.807) is 0 Å². The number of halogens is 6. The Morgan fingerprint density at radius 3 is 2.14 bits per heavy atom. The van der Waals surface area contributed by atoms with Gasteiger partial charge in [0.15, 0.2) is 0 Å². The molecule has 0 aromatic heterocycles. The molecule has 8 nitrogen and oxygen atoms in total. The van der Waals surface area contributed by atoms with Gasteiger partial charge in [-0.15, -0.1) is 0 Å². The Morgan fingerprint density at radius 2 is 1.60 bits per heavy atom. The molecule has 1 aromatic carbocycles. The first-order chi connectivity index (χ1) is 16.2. The van der Waals surface area contributed by atoms with Crippen molar-refractivity contribution >= 4 is 29.1 Å². The van der Waals surface area contributed by atoms with Crippen molar-refractivity contribution in [1.29, 1.82) is 0 Å². The number of carbonyl (C=O) groups excluding carboxylic acids is 3. The van der Waals surface area contributed by atoms with Crippen LogP contribution in [0.4, 0.5) is 37.7 Å². The van der Waals surface area contributed by atoms with Crippen molar-refractivity contribution in [2.75, 3.05) is 56.1 Å². The normalized spacial score (nSPS) is 20.0. The van der Waals surface area contributed by atoms with Crippen LogP contribution in [0.25, 0.3) is 0 Å². The molecule has 0 radical (unpaired) electrons. The third kappa shape index (κ3) is 5.97. The van der Waals surface area contributed by atoms with Gasteiger partial charge in [0.05, 0.1) is 17.3 Å². The summed E-state index contributed by atoms with van der Waals surface area (Å²) in [5.41, 5.74) is 4.96. The van der Waals surface area contributed by atoms with Crippen molar-refractivity contribution < 1.29 is 40.7 Å². The molecule has 0 saturated carbocycles. The Bertz CT molecular complexity index is 975. The van der Waals surface area contributed by atoms with Crippen LogP contribution in [-0.4, -0.2) is 92.2 Å². The molecule has 35 heavy (non-hydrogen) atoms. The number of nitrogens with zero attached hydrogens (tertiary/aromatic N) is 4. The minimum atomic E-state index is -5.39. The monoisotopic (exact) mass is 509 g/mol. The van der Waals surface area contributed by atoms with E-state index in [1.165, 1.54) is 18.2 Å². The molecule has 2 N–H and O–H groups in total. The van der Waals surface area contributed by atoms with Gasteiger partial charge in [0.2, 0.25) is 0 Å². The molecule has 0 spiro atoms. The summed E-state index contributed by atoms with van der Waals surface area (Å²) in [5.74, 6) is -5.67. The number of primary amides is 1. The zero-order valence-electron chi connectivity index (χ0n) is 18.8. The lowest BCUT2D eigenvalue weighted by atomic mass is 10.00. The average Bonchev–Trinajstić information content (AvgIpc) is 2.78. The molecular formula is C21H25F6N5O3. The molecule has 194 valence electrons. The minimum absolute atomic E-state index is 0.0713. The van der Waals surface area contributed by atoms with Gasteiger partial charge in [-0.1, -0.05) is 0 Å². The molecule has 2 heterocycles. The number of hydrogen-bond acceptors (Lipinski definition) is 5. The second kappa shape index (κ2) is 9.91. The second-order valence-corrected chi connectivity index (χ2v) is 8.57. The van der Waals surface area contributed by atoms with Gasteiger partial charge in [0, 0.05) is 45.0 Å². The van der Waals surface area contributed by atoms with E-state index in [2.05, 4.69) is 0 Å². The molecule has 2 aliphatic rings. The van der Waals surface area contributed by atoms with Crippen molar-refractivity contribution in [3.05, 3.63) is 23.8 Å². The standard InChI is InChI=1S/C21H25F6N5O3/c1-29-7-9-30(10-8-29)13-4-5-15(17(28)33)16(11-13)32(19(35)21(25,26)27)14-3-2-6-31(12-14)18(34)20(22,23)24/h4-5,11,14H,2-3,6-10,12H2,1H3,(H2,28,33). The van der Waals surface area contributed by atoms with Crippen molar-refractivity contribution in [1.82, 2.24) is 9.80 Å². The Labute approximate surface area is 197 Å². The molecule has 14 heteroatoms. The average molecular weight is 509 g/mol. The van der Waals surface area contributed by atoms with Gasteiger partial charge in [0.25, 0.3) is 5.91 Å². The van der Waals surface area contributed by atoms with Crippen LogP contribution in [0, 0.1) is 0 Å². The summed E-state index contributed by atoms with van der Waals surface area (Å²) in [6.45, 7) is 1.27. The van der Waals surface area contributed by atoms with E-state index in [-0.39, 0.29) is 29.8 Å². The summed E-state index contributed by atoms with van der Waals surface area (Å²) in [4.78, 5) is 40.9. The second-order valence-electron chi connectivity index (χ2n) is 8.57. The van der Waals surface area contributed by atoms with Crippen molar-refractivity contribution in [3.63, 3.8) is 0 Å². The van der Waals surface area contributed by atoms with Gasteiger partial charge in [-0.3, -0.25) is 19.3 Å². The van der Waals surface area contributed by atoms with E-state index < -0.39 is 48.3 Å². The number of hydrogen-bond donors (Lipinski definition) is 1. The highest BCUT2D eigenvalue weighted by atomic mass is 19.4. The summed E-state index contributed by atoms with van der Waals surface area (Å²) in [6, 6.07) is 2.46. The predicted molar refractivity (Wildman–Crippen MR) is 114 cm³/mol. The zero-order valence-corrected chi connectivity index (χ0v) is 18.8. The fourth-order valence-corrected chi connectivity index (χ4v) is 4.33. The van der Waals surface area contributed by atoms with Gasteiger partial charge < -0.3 is 20.4 Å². The number of likely N-dealkylation sites (tertiary alicyclic amines) is 1. The zero-order chi connectivity index (χ0) is 26.1. The lowest BCUT2D eigenvalue weighted by Crippen LogP contribution is -2.57. The van der Waals surface area contributed by atoms with Crippen LogP contribution in [0.1, 0.15) is 23.2 Å². The fraction of sp³-hybridized carbons (Fsp3) is 0.571. The molecule has 1 aromatic rings. The van der Waals surface area contributed by atoms with E-state index in [0.29, 0.717) is 36.8 Å².